The Morgan fingerprint density at radius 1 is 1.38 bits per heavy atom. The smallest absolute Gasteiger partial charge is 0.252 e. The van der Waals surface area contributed by atoms with E-state index < -0.39 is 0 Å². The van der Waals surface area contributed by atoms with Crippen LogP contribution in [0, 0.1) is 5.92 Å². The van der Waals surface area contributed by atoms with Crippen LogP contribution in [0.15, 0.2) is 11.8 Å². The molecule has 21 heavy (non-hydrogen) atoms. The van der Waals surface area contributed by atoms with Crippen molar-refractivity contribution in [2.24, 2.45) is 5.92 Å². The van der Waals surface area contributed by atoms with Gasteiger partial charge in [-0.15, -0.1) is 0 Å². The Balaban J connectivity index is 1.62. The molecule has 1 aliphatic carbocycles. The number of carbonyl (C=O) groups excluding carboxylic acids is 1. The maximum absolute atomic E-state index is 12.7. The number of hydrogen-bond donors (Lipinski definition) is 0. The summed E-state index contributed by atoms with van der Waals surface area (Å²) >= 11 is 0. The number of morpholine rings is 1. The average Bonchev–Trinajstić information content (AvgIpc) is 3.31. The first-order chi connectivity index (χ1) is 10.2. The zero-order chi connectivity index (χ0) is 14.7. The molecule has 0 aromatic rings. The van der Waals surface area contributed by atoms with Gasteiger partial charge in [0.25, 0.3) is 5.91 Å². The van der Waals surface area contributed by atoms with Crippen LogP contribution in [0.2, 0.25) is 0 Å². The van der Waals surface area contributed by atoms with Crippen LogP contribution in [0.1, 0.15) is 25.7 Å². The molecule has 0 aromatic heterocycles. The lowest BCUT2D eigenvalue weighted by atomic mass is 10.1. The summed E-state index contributed by atoms with van der Waals surface area (Å²) in [4.78, 5) is 17.0. The fourth-order valence-corrected chi connectivity index (χ4v) is 3.00. The van der Waals surface area contributed by atoms with Crippen LogP contribution in [-0.4, -0.2) is 68.3 Å². The second-order valence-electron chi connectivity index (χ2n) is 6.53. The average molecular weight is 294 g/mol. The first-order valence-corrected chi connectivity index (χ1v) is 8.12. The first kappa shape index (κ1) is 14.9. The maximum Gasteiger partial charge on any atom is 0.252 e. The van der Waals surface area contributed by atoms with Crippen molar-refractivity contribution in [3.05, 3.63) is 11.8 Å². The third-order valence-corrected chi connectivity index (χ3v) is 4.44. The molecule has 1 saturated carbocycles. The highest BCUT2D eigenvalue weighted by Crippen LogP contribution is 2.30. The molecule has 5 heteroatoms. The summed E-state index contributed by atoms with van der Waals surface area (Å²) in [5.74, 6) is 0.846. The number of carbonyl (C=O) groups is 1. The van der Waals surface area contributed by atoms with Gasteiger partial charge in [-0.1, -0.05) is 0 Å². The van der Waals surface area contributed by atoms with Crippen LogP contribution in [0.4, 0.5) is 0 Å². The highest BCUT2D eigenvalue weighted by molar-refractivity contribution is 5.93. The molecular weight excluding hydrogens is 268 g/mol. The molecule has 0 spiro atoms. The summed E-state index contributed by atoms with van der Waals surface area (Å²) in [6.45, 7) is 4.96. The van der Waals surface area contributed by atoms with Crippen LogP contribution in [-0.2, 0) is 14.3 Å². The molecule has 1 unspecified atom stereocenters. The van der Waals surface area contributed by atoms with Crippen molar-refractivity contribution in [1.29, 1.82) is 0 Å². The van der Waals surface area contributed by atoms with E-state index >= 15 is 0 Å². The van der Waals surface area contributed by atoms with Gasteiger partial charge in [0.15, 0.2) is 0 Å². The minimum Gasteiger partial charge on any atom is -0.501 e. The quantitative estimate of drug-likeness (QED) is 0.765. The second-order valence-corrected chi connectivity index (χ2v) is 6.53. The van der Waals surface area contributed by atoms with Crippen LogP contribution in [0.25, 0.3) is 0 Å². The molecule has 0 N–H and O–H groups in total. The predicted molar refractivity (Wildman–Crippen MR) is 79.8 cm³/mol. The number of ether oxygens (including phenoxy) is 2. The summed E-state index contributed by atoms with van der Waals surface area (Å²) in [6.07, 6.45) is 6.09. The molecule has 1 saturated heterocycles. The summed E-state index contributed by atoms with van der Waals surface area (Å²) < 4.78 is 11.2. The van der Waals surface area contributed by atoms with E-state index in [9.17, 15) is 4.79 Å². The Hall–Kier alpha value is -1.07. The van der Waals surface area contributed by atoms with Crippen molar-refractivity contribution in [2.75, 3.05) is 46.4 Å². The topological polar surface area (TPSA) is 42.0 Å². The number of hydrogen-bond acceptors (Lipinski definition) is 4. The molecule has 118 valence electrons. The van der Waals surface area contributed by atoms with Gasteiger partial charge in [-0.2, -0.15) is 0 Å². The van der Waals surface area contributed by atoms with Crippen LogP contribution >= 0.6 is 0 Å². The lowest BCUT2D eigenvalue weighted by Gasteiger charge is -2.34. The molecule has 0 bridgehead atoms. The zero-order valence-electron chi connectivity index (χ0n) is 12.9. The Bertz CT molecular complexity index is 406. The van der Waals surface area contributed by atoms with E-state index in [1.807, 2.05) is 4.90 Å². The van der Waals surface area contributed by atoms with Crippen molar-refractivity contribution in [3.63, 3.8) is 0 Å². The second kappa shape index (κ2) is 6.79. The van der Waals surface area contributed by atoms with Crippen molar-refractivity contribution >= 4 is 5.91 Å². The van der Waals surface area contributed by atoms with E-state index in [4.69, 9.17) is 9.47 Å². The minimum atomic E-state index is 0.136. The van der Waals surface area contributed by atoms with Gasteiger partial charge < -0.3 is 19.3 Å². The summed E-state index contributed by atoms with van der Waals surface area (Å²) in [5.41, 5.74) is 0.825. The van der Waals surface area contributed by atoms with Gasteiger partial charge >= 0.3 is 0 Å². The molecule has 2 heterocycles. The third kappa shape index (κ3) is 4.20. The SMILES string of the molecule is CN1CCOC(CN(CC2CC2)C(=O)C2=COCCC2)C1. The molecule has 3 aliphatic rings. The van der Waals surface area contributed by atoms with Gasteiger partial charge in [0, 0.05) is 26.2 Å². The fraction of sp³-hybridized carbons (Fsp3) is 0.812. The Labute approximate surface area is 126 Å². The van der Waals surface area contributed by atoms with Crippen LogP contribution in [0.5, 0.6) is 0 Å². The minimum absolute atomic E-state index is 0.136. The molecule has 2 aliphatic heterocycles. The van der Waals surface area contributed by atoms with E-state index in [-0.39, 0.29) is 12.0 Å². The van der Waals surface area contributed by atoms with E-state index in [1.165, 1.54) is 12.8 Å². The Morgan fingerprint density at radius 2 is 2.24 bits per heavy atom. The molecule has 0 aromatic carbocycles. The molecule has 3 rings (SSSR count). The Kier molecular flexibility index (Phi) is 4.80. The molecule has 0 radical (unpaired) electrons. The van der Waals surface area contributed by atoms with E-state index in [0.717, 1.165) is 51.3 Å². The molecule has 1 atom stereocenters. The zero-order valence-corrected chi connectivity index (χ0v) is 12.9. The largest absolute Gasteiger partial charge is 0.501 e. The number of nitrogens with zero attached hydrogens (tertiary/aromatic N) is 2. The molecule has 1 amide bonds. The lowest BCUT2D eigenvalue weighted by molar-refractivity contribution is -0.131. The van der Waals surface area contributed by atoms with Gasteiger partial charge in [0.1, 0.15) is 0 Å². The van der Waals surface area contributed by atoms with Crippen LogP contribution in [0.3, 0.4) is 0 Å². The van der Waals surface area contributed by atoms with Gasteiger partial charge in [-0.25, -0.2) is 0 Å². The van der Waals surface area contributed by atoms with Crippen LogP contribution < -0.4 is 0 Å². The van der Waals surface area contributed by atoms with E-state index in [0.29, 0.717) is 12.5 Å². The number of rotatable bonds is 5. The highest BCUT2D eigenvalue weighted by atomic mass is 16.5. The third-order valence-electron chi connectivity index (χ3n) is 4.44. The van der Waals surface area contributed by atoms with Crippen molar-refractivity contribution in [1.82, 2.24) is 9.80 Å². The van der Waals surface area contributed by atoms with Gasteiger partial charge in [0.2, 0.25) is 0 Å². The Morgan fingerprint density at radius 3 is 2.90 bits per heavy atom. The predicted octanol–water partition coefficient (Wildman–Crippen LogP) is 1.25. The fourth-order valence-electron chi connectivity index (χ4n) is 3.00. The van der Waals surface area contributed by atoms with Gasteiger partial charge in [-0.3, -0.25) is 4.79 Å². The monoisotopic (exact) mass is 294 g/mol. The highest BCUT2D eigenvalue weighted by Gasteiger charge is 2.31. The van der Waals surface area contributed by atoms with E-state index in [1.54, 1.807) is 6.26 Å². The van der Waals surface area contributed by atoms with Gasteiger partial charge in [0.05, 0.1) is 31.2 Å². The summed E-state index contributed by atoms with van der Waals surface area (Å²) in [5, 5.41) is 0. The normalized spacial score (nSPS) is 26.9. The van der Waals surface area contributed by atoms with E-state index in [2.05, 4.69) is 11.9 Å². The standard InChI is InChI=1S/C16H26N2O3/c1-17-6-8-21-15(10-17)11-18(9-13-4-5-13)16(19)14-3-2-7-20-12-14/h12-13,15H,2-11H2,1H3. The maximum atomic E-state index is 12.7. The lowest BCUT2D eigenvalue weighted by Crippen LogP contribution is -2.48. The number of amides is 1. The molecule has 2 fully saturated rings. The van der Waals surface area contributed by atoms with Crippen molar-refractivity contribution in [3.8, 4) is 0 Å². The summed E-state index contributed by atoms with van der Waals surface area (Å²) in [6, 6.07) is 0. The summed E-state index contributed by atoms with van der Waals surface area (Å²) in [7, 11) is 2.11. The van der Waals surface area contributed by atoms with Gasteiger partial charge in [-0.05, 0) is 38.6 Å². The first-order valence-electron chi connectivity index (χ1n) is 8.12. The molecular formula is C16H26N2O3. The molecule has 5 nitrogen and oxygen atoms in total. The van der Waals surface area contributed by atoms with Crippen molar-refractivity contribution in [2.45, 2.75) is 31.8 Å². The van der Waals surface area contributed by atoms with Crippen molar-refractivity contribution < 1.29 is 14.3 Å². The number of likely N-dealkylation sites (N-methyl/N-ethyl adjacent to an activating group) is 1.